The highest BCUT2D eigenvalue weighted by atomic mass is 14.7. The minimum Gasteiger partial charge on any atom is -0.256 e. The maximum atomic E-state index is 5.32. The Morgan fingerprint density at radius 2 is 0.938 bits per heavy atom. The first-order chi connectivity index (χ1) is 23.8. The second-order valence-electron chi connectivity index (χ2n) is 12.5. The molecular weight excluding hydrogens is 581 g/mol. The van der Waals surface area contributed by atoms with Gasteiger partial charge in [0.1, 0.15) is 0 Å². The van der Waals surface area contributed by atoms with Crippen molar-refractivity contribution in [2.24, 2.45) is 0 Å². The lowest BCUT2D eigenvalue weighted by Gasteiger charge is -2.21. The minimum atomic E-state index is 1.00. The minimum absolute atomic E-state index is 1.00. The van der Waals surface area contributed by atoms with E-state index in [-0.39, 0.29) is 0 Å². The maximum absolute atomic E-state index is 5.32. The van der Waals surface area contributed by atoms with Crippen molar-refractivity contribution in [2.75, 3.05) is 0 Å². The van der Waals surface area contributed by atoms with Crippen molar-refractivity contribution in [2.45, 2.75) is 0 Å². The molecule has 2 aromatic heterocycles. The molecule has 48 heavy (non-hydrogen) atoms. The summed E-state index contributed by atoms with van der Waals surface area (Å²) in [5.41, 5.74) is 8.96. The van der Waals surface area contributed by atoms with E-state index in [1.165, 1.54) is 59.8 Å². The molecule has 0 saturated heterocycles. The lowest BCUT2D eigenvalue weighted by molar-refractivity contribution is 1.41. The summed E-state index contributed by atoms with van der Waals surface area (Å²) in [4.78, 5) is 10.2. The smallest absolute Gasteiger partial charge is 0.0788 e. The van der Waals surface area contributed by atoms with Crippen molar-refractivity contribution >= 4 is 64.9 Å². The zero-order valence-electron chi connectivity index (χ0n) is 26.1. The lowest BCUT2D eigenvalue weighted by Crippen LogP contribution is -1.95. The van der Waals surface area contributed by atoms with E-state index in [1.54, 1.807) is 0 Å². The van der Waals surface area contributed by atoms with Crippen LogP contribution in [0.2, 0.25) is 0 Å². The number of hydrogen-bond acceptors (Lipinski definition) is 2. The standard InChI is InChI=1S/C46H28N2/c1-2-14-30(15-3-1)46-40-28-39(31-18-4-5-19-32(31)44(40)37-24-10-11-26-41(37)48-46)43-35-22-8-6-20-33(35)42(34-21-7-9-23-36(34)43)38-25-12-16-29-17-13-27-47-45(29)38/h1-28H. The summed E-state index contributed by atoms with van der Waals surface area (Å²) in [6.07, 6.45) is 1.90. The van der Waals surface area contributed by atoms with Crippen LogP contribution >= 0.6 is 0 Å². The van der Waals surface area contributed by atoms with Gasteiger partial charge in [-0.15, -0.1) is 0 Å². The van der Waals surface area contributed by atoms with Gasteiger partial charge < -0.3 is 0 Å². The summed E-state index contributed by atoms with van der Waals surface area (Å²) in [5.74, 6) is 0. The number of rotatable bonds is 3. The normalized spacial score (nSPS) is 11.8. The SMILES string of the molecule is c1ccc(-c2nc3ccccc3c3c2cc(-c2c4ccccc4c(-c4cccc5cccnc45)c4ccccc24)c2ccccc23)cc1. The molecule has 8 aromatic carbocycles. The lowest BCUT2D eigenvalue weighted by atomic mass is 9.83. The van der Waals surface area contributed by atoms with Gasteiger partial charge in [-0.2, -0.15) is 0 Å². The Morgan fingerprint density at radius 3 is 1.65 bits per heavy atom. The molecule has 0 spiro atoms. The number of hydrogen-bond donors (Lipinski definition) is 0. The summed E-state index contributed by atoms with van der Waals surface area (Å²) in [5, 5.41) is 12.0. The molecule has 2 heteroatoms. The molecule has 2 nitrogen and oxygen atoms in total. The molecule has 0 saturated carbocycles. The Hall–Kier alpha value is -6.38. The van der Waals surface area contributed by atoms with Crippen LogP contribution in [0.4, 0.5) is 0 Å². The van der Waals surface area contributed by atoms with Crippen LogP contribution in [-0.4, -0.2) is 9.97 Å². The summed E-state index contributed by atoms with van der Waals surface area (Å²) in [7, 11) is 0. The molecule has 0 unspecified atom stereocenters. The van der Waals surface area contributed by atoms with Crippen LogP contribution in [0.1, 0.15) is 0 Å². The van der Waals surface area contributed by atoms with Crippen molar-refractivity contribution in [3.8, 4) is 33.5 Å². The average Bonchev–Trinajstić information content (AvgIpc) is 3.16. The predicted molar refractivity (Wildman–Crippen MR) is 203 cm³/mol. The summed E-state index contributed by atoms with van der Waals surface area (Å²) < 4.78 is 0. The van der Waals surface area contributed by atoms with Gasteiger partial charge in [0, 0.05) is 38.9 Å². The molecule has 0 atom stereocenters. The Balaban J connectivity index is 1.41. The summed E-state index contributed by atoms with van der Waals surface area (Å²) >= 11 is 0. The first-order valence-corrected chi connectivity index (χ1v) is 16.4. The number of para-hydroxylation sites is 2. The van der Waals surface area contributed by atoms with Crippen molar-refractivity contribution < 1.29 is 0 Å². The van der Waals surface area contributed by atoms with Gasteiger partial charge in [-0.3, -0.25) is 4.98 Å². The van der Waals surface area contributed by atoms with Gasteiger partial charge in [0.2, 0.25) is 0 Å². The fourth-order valence-electron chi connectivity index (χ4n) is 7.85. The van der Waals surface area contributed by atoms with E-state index in [0.29, 0.717) is 0 Å². The van der Waals surface area contributed by atoms with Crippen molar-refractivity contribution in [3.63, 3.8) is 0 Å². The van der Waals surface area contributed by atoms with Gasteiger partial charge >= 0.3 is 0 Å². The number of benzene rings is 8. The van der Waals surface area contributed by atoms with Gasteiger partial charge in [0.05, 0.1) is 16.7 Å². The van der Waals surface area contributed by atoms with Crippen molar-refractivity contribution in [3.05, 3.63) is 170 Å². The van der Waals surface area contributed by atoms with Crippen LogP contribution in [0.15, 0.2) is 170 Å². The molecule has 0 N–H and O–H groups in total. The number of nitrogens with zero attached hydrogens (tertiary/aromatic N) is 2. The van der Waals surface area contributed by atoms with Crippen LogP contribution in [-0.2, 0) is 0 Å². The van der Waals surface area contributed by atoms with E-state index in [4.69, 9.17) is 9.97 Å². The van der Waals surface area contributed by atoms with Gasteiger partial charge in [-0.05, 0) is 67.2 Å². The van der Waals surface area contributed by atoms with Gasteiger partial charge in [-0.25, -0.2) is 4.98 Å². The Labute approximate surface area is 277 Å². The third-order valence-electron chi connectivity index (χ3n) is 9.86. The molecule has 0 fully saturated rings. The number of fused-ring (bicyclic) bond motifs is 8. The molecular formula is C46H28N2. The second-order valence-corrected chi connectivity index (χ2v) is 12.5. The highest BCUT2D eigenvalue weighted by Crippen LogP contribution is 2.48. The molecule has 10 aromatic rings. The summed E-state index contributed by atoms with van der Waals surface area (Å²) in [6.45, 7) is 0. The zero-order chi connectivity index (χ0) is 31.6. The molecule has 2 heterocycles. The van der Waals surface area contributed by atoms with Crippen LogP contribution in [0, 0.1) is 0 Å². The molecule has 0 amide bonds. The quantitative estimate of drug-likeness (QED) is 0.147. The molecule has 222 valence electrons. The van der Waals surface area contributed by atoms with Crippen LogP contribution in [0.3, 0.4) is 0 Å². The van der Waals surface area contributed by atoms with Gasteiger partial charge in [-0.1, -0.05) is 146 Å². The Kier molecular flexibility index (Phi) is 5.91. The van der Waals surface area contributed by atoms with Gasteiger partial charge in [0.25, 0.3) is 0 Å². The van der Waals surface area contributed by atoms with Crippen LogP contribution < -0.4 is 0 Å². The predicted octanol–water partition coefficient (Wildman–Crippen LogP) is 12.4. The largest absolute Gasteiger partial charge is 0.256 e. The molecule has 0 aliphatic heterocycles. The highest BCUT2D eigenvalue weighted by molar-refractivity contribution is 6.30. The summed E-state index contributed by atoms with van der Waals surface area (Å²) in [6, 6.07) is 58.9. The molecule has 0 aliphatic carbocycles. The number of pyridine rings is 2. The van der Waals surface area contributed by atoms with E-state index >= 15 is 0 Å². The first-order valence-electron chi connectivity index (χ1n) is 16.4. The maximum Gasteiger partial charge on any atom is 0.0788 e. The number of aromatic nitrogens is 2. The van der Waals surface area contributed by atoms with E-state index < -0.39 is 0 Å². The molecule has 0 aliphatic rings. The monoisotopic (exact) mass is 608 g/mol. The van der Waals surface area contributed by atoms with Gasteiger partial charge in [0.15, 0.2) is 0 Å². The van der Waals surface area contributed by atoms with E-state index in [2.05, 4.69) is 158 Å². The highest BCUT2D eigenvalue weighted by Gasteiger charge is 2.22. The van der Waals surface area contributed by atoms with Crippen molar-refractivity contribution in [1.82, 2.24) is 9.97 Å². The second kappa shape index (κ2) is 10.6. The fourth-order valence-corrected chi connectivity index (χ4v) is 7.85. The molecule has 0 radical (unpaired) electrons. The third kappa shape index (κ3) is 3.93. The third-order valence-corrected chi connectivity index (χ3v) is 9.86. The Bertz CT molecular complexity index is 2830. The topological polar surface area (TPSA) is 25.8 Å². The zero-order valence-corrected chi connectivity index (χ0v) is 26.1. The Morgan fingerprint density at radius 1 is 0.375 bits per heavy atom. The first kappa shape index (κ1) is 26.8. The van der Waals surface area contributed by atoms with Crippen LogP contribution in [0.5, 0.6) is 0 Å². The van der Waals surface area contributed by atoms with E-state index in [0.717, 1.165) is 38.6 Å². The fraction of sp³-hybridized carbons (Fsp3) is 0. The average molecular weight is 609 g/mol. The van der Waals surface area contributed by atoms with Crippen LogP contribution in [0.25, 0.3) is 98.4 Å². The van der Waals surface area contributed by atoms with Crippen molar-refractivity contribution in [1.29, 1.82) is 0 Å². The molecule has 10 rings (SSSR count). The van der Waals surface area contributed by atoms with E-state index in [9.17, 15) is 0 Å². The van der Waals surface area contributed by atoms with E-state index in [1.807, 2.05) is 12.3 Å². The molecule has 0 bridgehead atoms.